The van der Waals surface area contributed by atoms with Gasteiger partial charge in [0, 0.05) is 11.5 Å². The van der Waals surface area contributed by atoms with E-state index in [1.54, 1.807) is 38.5 Å². The molecular formula is C24H24F3N5O6. The Morgan fingerprint density at radius 1 is 1.08 bits per heavy atom. The highest BCUT2D eigenvalue weighted by molar-refractivity contribution is 5.89. The molecule has 202 valence electrons. The van der Waals surface area contributed by atoms with Crippen molar-refractivity contribution in [1.82, 2.24) is 19.9 Å². The predicted octanol–water partition coefficient (Wildman–Crippen LogP) is 4.36. The summed E-state index contributed by atoms with van der Waals surface area (Å²) < 4.78 is 48.3. The van der Waals surface area contributed by atoms with Crippen LogP contribution in [0.2, 0.25) is 0 Å². The zero-order valence-corrected chi connectivity index (χ0v) is 20.9. The van der Waals surface area contributed by atoms with Crippen LogP contribution >= 0.6 is 0 Å². The van der Waals surface area contributed by atoms with Crippen LogP contribution < -0.4 is 25.1 Å². The van der Waals surface area contributed by atoms with E-state index in [1.165, 1.54) is 0 Å². The summed E-state index contributed by atoms with van der Waals surface area (Å²) in [5.41, 5.74) is 1.53. The van der Waals surface area contributed by atoms with E-state index in [9.17, 15) is 18.0 Å². The van der Waals surface area contributed by atoms with Crippen molar-refractivity contribution >= 4 is 39.7 Å². The molecule has 0 aliphatic carbocycles. The molecule has 0 fully saturated rings. The van der Waals surface area contributed by atoms with Crippen molar-refractivity contribution in [2.45, 2.75) is 33.1 Å². The molecule has 0 amide bonds. The number of carbonyl (C=O) groups is 1. The molecule has 38 heavy (non-hydrogen) atoms. The lowest BCUT2D eigenvalue weighted by Crippen LogP contribution is -2.21. The van der Waals surface area contributed by atoms with Gasteiger partial charge in [0.1, 0.15) is 28.2 Å². The number of aliphatic carboxylic acids is 1. The van der Waals surface area contributed by atoms with Crippen LogP contribution in [0.4, 0.5) is 25.1 Å². The second kappa shape index (κ2) is 11.2. The molecule has 0 saturated carbocycles. The van der Waals surface area contributed by atoms with E-state index in [1.807, 2.05) is 26.8 Å². The van der Waals surface area contributed by atoms with E-state index >= 15 is 0 Å². The Bertz CT molecular complexity index is 1540. The molecule has 0 atom stereocenters. The number of H-pyrrole nitrogens is 1. The Kier molecular flexibility index (Phi) is 8.23. The molecular weight excluding hydrogens is 511 g/mol. The molecule has 0 saturated heterocycles. The Labute approximate surface area is 213 Å². The number of fused-ring (bicyclic) bond motifs is 2. The van der Waals surface area contributed by atoms with Gasteiger partial charge in [-0.25, -0.2) is 19.7 Å². The number of aromatic amines is 1. The van der Waals surface area contributed by atoms with E-state index in [-0.39, 0.29) is 23.6 Å². The molecule has 4 rings (SSSR count). The third-order valence-electron chi connectivity index (χ3n) is 4.92. The van der Waals surface area contributed by atoms with Crippen molar-refractivity contribution in [3.63, 3.8) is 0 Å². The van der Waals surface area contributed by atoms with Crippen LogP contribution in [0.15, 0.2) is 35.1 Å². The van der Waals surface area contributed by atoms with Gasteiger partial charge in [-0.2, -0.15) is 13.2 Å². The number of nitrogens with one attached hydrogen (secondary N) is 2. The maximum Gasteiger partial charge on any atom is 0.490 e. The van der Waals surface area contributed by atoms with Crippen LogP contribution in [-0.4, -0.2) is 57.5 Å². The first-order valence-electron chi connectivity index (χ1n) is 11.0. The molecule has 0 radical (unpaired) electrons. The SMILES string of the molecule is COc1cc(OC)c2nc(Nc3nc4cccc(OC(C)C)c4c(=O)[nH]3)nc(C)c2c1.O=C(O)C(F)(F)F. The number of aromatic nitrogens is 4. The van der Waals surface area contributed by atoms with Crippen molar-refractivity contribution in [2.24, 2.45) is 0 Å². The van der Waals surface area contributed by atoms with Gasteiger partial charge >= 0.3 is 12.1 Å². The quantitative estimate of drug-likeness (QED) is 0.325. The van der Waals surface area contributed by atoms with Crippen molar-refractivity contribution in [3.05, 3.63) is 46.4 Å². The maximum absolute atomic E-state index is 12.8. The molecule has 0 unspecified atom stereocenters. The molecule has 0 spiro atoms. The molecule has 2 aromatic carbocycles. The lowest BCUT2D eigenvalue weighted by atomic mass is 10.1. The van der Waals surface area contributed by atoms with Gasteiger partial charge in [0.05, 0.1) is 31.5 Å². The summed E-state index contributed by atoms with van der Waals surface area (Å²) in [4.78, 5) is 37.9. The summed E-state index contributed by atoms with van der Waals surface area (Å²) in [7, 11) is 3.16. The first-order chi connectivity index (χ1) is 17.8. The monoisotopic (exact) mass is 535 g/mol. The van der Waals surface area contributed by atoms with Gasteiger partial charge in [0.2, 0.25) is 11.9 Å². The summed E-state index contributed by atoms with van der Waals surface area (Å²) in [5.74, 6) is -0.553. The molecule has 0 aliphatic heterocycles. The summed E-state index contributed by atoms with van der Waals surface area (Å²) in [6.07, 6.45) is -5.15. The van der Waals surface area contributed by atoms with Crippen LogP contribution in [0.3, 0.4) is 0 Å². The fourth-order valence-corrected chi connectivity index (χ4v) is 3.33. The average Bonchev–Trinajstić information content (AvgIpc) is 2.83. The van der Waals surface area contributed by atoms with Crippen molar-refractivity contribution < 1.29 is 37.3 Å². The molecule has 14 heteroatoms. The molecule has 0 bridgehead atoms. The second-order valence-electron chi connectivity index (χ2n) is 8.02. The van der Waals surface area contributed by atoms with Crippen molar-refractivity contribution in [2.75, 3.05) is 19.5 Å². The van der Waals surface area contributed by atoms with Crippen LogP contribution in [0, 0.1) is 6.92 Å². The second-order valence-corrected chi connectivity index (χ2v) is 8.02. The predicted molar refractivity (Wildman–Crippen MR) is 132 cm³/mol. The van der Waals surface area contributed by atoms with E-state index in [4.69, 9.17) is 24.1 Å². The standard InChI is InChI=1S/C22H23N5O4.C2HF3O2/c1-11(2)31-16-8-6-7-15-18(16)20(28)26-22(24-15)27-21-23-12(3)14-9-13(29-4)10-17(30-5)19(14)25-21;3-2(4,5)1(6)7/h6-11H,1-5H3,(H2,23,24,25,26,27,28);(H,6,7). The fourth-order valence-electron chi connectivity index (χ4n) is 3.33. The Hall–Kier alpha value is -4.62. The van der Waals surface area contributed by atoms with Gasteiger partial charge in [0.25, 0.3) is 5.56 Å². The summed E-state index contributed by atoms with van der Waals surface area (Å²) in [6.45, 7) is 5.67. The first-order valence-corrected chi connectivity index (χ1v) is 11.0. The maximum atomic E-state index is 12.8. The number of carboxylic acids is 1. The van der Waals surface area contributed by atoms with Crippen molar-refractivity contribution in [3.8, 4) is 17.2 Å². The van der Waals surface area contributed by atoms with E-state index in [0.29, 0.717) is 33.7 Å². The van der Waals surface area contributed by atoms with E-state index < -0.39 is 12.1 Å². The van der Waals surface area contributed by atoms with Gasteiger partial charge in [-0.05, 0) is 39.0 Å². The third-order valence-corrected chi connectivity index (χ3v) is 4.92. The van der Waals surface area contributed by atoms with Crippen LogP contribution in [-0.2, 0) is 4.79 Å². The number of hydrogen-bond donors (Lipinski definition) is 3. The highest BCUT2D eigenvalue weighted by atomic mass is 19.4. The van der Waals surface area contributed by atoms with Crippen LogP contribution in [0.1, 0.15) is 19.5 Å². The number of rotatable bonds is 6. The number of aryl methyl sites for hydroxylation is 1. The highest BCUT2D eigenvalue weighted by Crippen LogP contribution is 2.32. The van der Waals surface area contributed by atoms with Crippen LogP contribution in [0.5, 0.6) is 17.2 Å². The number of alkyl halides is 3. The summed E-state index contributed by atoms with van der Waals surface area (Å²) >= 11 is 0. The van der Waals surface area contributed by atoms with Gasteiger partial charge < -0.3 is 19.3 Å². The Morgan fingerprint density at radius 2 is 1.76 bits per heavy atom. The van der Waals surface area contributed by atoms with Crippen molar-refractivity contribution in [1.29, 1.82) is 0 Å². The minimum Gasteiger partial charge on any atom is -0.497 e. The molecule has 3 N–H and O–H groups in total. The van der Waals surface area contributed by atoms with E-state index in [0.717, 1.165) is 11.1 Å². The Morgan fingerprint density at radius 3 is 2.34 bits per heavy atom. The summed E-state index contributed by atoms with van der Waals surface area (Å²) in [6, 6.07) is 8.91. The third kappa shape index (κ3) is 6.38. The number of halogens is 3. The minimum atomic E-state index is -5.08. The number of carboxylic acid groups (broad SMARTS) is 1. The molecule has 11 nitrogen and oxygen atoms in total. The van der Waals surface area contributed by atoms with Crippen LogP contribution in [0.25, 0.3) is 21.8 Å². The molecule has 0 aliphatic rings. The van der Waals surface area contributed by atoms with E-state index in [2.05, 4.69) is 25.3 Å². The lowest BCUT2D eigenvalue weighted by Gasteiger charge is -2.13. The number of benzene rings is 2. The first kappa shape index (κ1) is 28.0. The topological polar surface area (TPSA) is 149 Å². The highest BCUT2D eigenvalue weighted by Gasteiger charge is 2.38. The summed E-state index contributed by atoms with van der Waals surface area (Å²) in [5, 5.41) is 11.3. The smallest absolute Gasteiger partial charge is 0.490 e. The zero-order valence-electron chi connectivity index (χ0n) is 20.9. The fraction of sp³-hybridized carbons (Fsp3) is 0.292. The van der Waals surface area contributed by atoms with Gasteiger partial charge in [-0.15, -0.1) is 0 Å². The van der Waals surface area contributed by atoms with Gasteiger partial charge in [-0.1, -0.05) is 6.07 Å². The lowest BCUT2D eigenvalue weighted by molar-refractivity contribution is -0.192. The van der Waals surface area contributed by atoms with Gasteiger partial charge in [-0.3, -0.25) is 15.1 Å². The average molecular weight is 535 g/mol. The number of hydrogen-bond acceptors (Lipinski definition) is 9. The largest absolute Gasteiger partial charge is 0.497 e. The number of nitrogens with zero attached hydrogens (tertiary/aromatic N) is 3. The zero-order chi connectivity index (χ0) is 28.2. The number of ether oxygens (including phenoxy) is 3. The number of methoxy groups -OCH3 is 2. The molecule has 2 aromatic heterocycles. The Balaban J connectivity index is 0.000000505. The normalized spacial score (nSPS) is 11.2. The minimum absolute atomic E-state index is 0.0645. The molecule has 4 aromatic rings. The number of anilines is 2. The van der Waals surface area contributed by atoms with Gasteiger partial charge in [0.15, 0.2) is 0 Å². The molecule has 2 heterocycles.